The van der Waals surface area contributed by atoms with Crippen molar-refractivity contribution in [2.45, 2.75) is 76.4 Å². The Labute approximate surface area is 365 Å². The van der Waals surface area contributed by atoms with E-state index in [1.165, 1.54) is 66.1 Å². The second-order valence-corrected chi connectivity index (χ2v) is 15.9. The molecule has 65 heavy (non-hydrogen) atoms. The number of aryl methyl sites for hydroxylation is 2. The number of carbonyl (C=O) groups excluding carboxylic acids is 1. The van der Waals surface area contributed by atoms with Crippen molar-refractivity contribution in [3.8, 4) is 22.5 Å². The fourth-order valence-corrected chi connectivity index (χ4v) is 7.33. The number of halogens is 8. The Morgan fingerprint density at radius 2 is 1.12 bits per heavy atom. The molecule has 8 rings (SSSR count). The molecule has 4 atom stereocenters. The van der Waals surface area contributed by atoms with Gasteiger partial charge in [0, 0.05) is 57.1 Å². The number of benzene rings is 2. The third-order valence-corrected chi connectivity index (χ3v) is 11.0. The zero-order valence-electron chi connectivity index (χ0n) is 35.6. The summed E-state index contributed by atoms with van der Waals surface area (Å²) in [5.74, 6) is -2.95. The van der Waals surface area contributed by atoms with Gasteiger partial charge in [-0.1, -0.05) is 0 Å². The predicted octanol–water partition coefficient (Wildman–Crippen LogP) is 6.65. The van der Waals surface area contributed by atoms with E-state index in [4.69, 9.17) is 5.11 Å². The van der Waals surface area contributed by atoms with E-state index in [0.717, 1.165) is 6.92 Å². The van der Waals surface area contributed by atoms with Gasteiger partial charge in [-0.25, -0.2) is 23.5 Å². The van der Waals surface area contributed by atoms with Crippen LogP contribution in [0.5, 0.6) is 0 Å². The minimum Gasteiger partial charge on any atom is -0.477 e. The first kappa shape index (κ1) is 48.0. The molecule has 348 valence electrons. The summed E-state index contributed by atoms with van der Waals surface area (Å²) in [6.07, 6.45) is -7.01. The summed E-state index contributed by atoms with van der Waals surface area (Å²) in [7, 11) is 3.16. The topological polar surface area (TPSA) is 181 Å². The van der Waals surface area contributed by atoms with Gasteiger partial charge in [0.2, 0.25) is 11.2 Å². The maximum atomic E-state index is 13.3. The minimum absolute atomic E-state index is 0.0289. The van der Waals surface area contributed by atoms with Crippen LogP contribution >= 0.6 is 0 Å². The number of rotatable bonds is 6. The van der Waals surface area contributed by atoms with Crippen LogP contribution in [-0.2, 0) is 38.4 Å². The number of carboxylic acid groups (broad SMARTS) is 1. The highest BCUT2D eigenvalue weighted by molar-refractivity contribution is 5.94. The minimum atomic E-state index is -4.90. The summed E-state index contributed by atoms with van der Waals surface area (Å²) < 4.78 is 110. The molecule has 0 saturated carbocycles. The zero-order valence-corrected chi connectivity index (χ0v) is 35.6. The number of alkyl halides is 6. The molecule has 2 aliphatic heterocycles. The van der Waals surface area contributed by atoms with E-state index >= 15 is 0 Å². The van der Waals surface area contributed by atoms with E-state index in [1.54, 1.807) is 58.3 Å². The molecule has 6 aromatic rings. The summed E-state index contributed by atoms with van der Waals surface area (Å²) in [6, 6.07) is 13.8. The largest absolute Gasteiger partial charge is 0.477 e. The van der Waals surface area contributed by atoms with E-state index in [2.05, 4.69) is 25.5 Å². The molecular weight excluding hydrogens is 877 g/mol. The van der Waals surface area contributed by atoms with Crippen molar-refractivity contribution in [1.29, 1.82) is 0 Å². The van der Waals surface area contributed by atoms with Gasteiger partial charge in [0.25, 0.3) is 5.91 Å². The molecule has 0 fully saturated rings. The lowest BCUT2D eigenvalue weighted by atomic mass is 10.0. The van der Waals surface area contributed by atoms with Gasteiger partial charge in [-0.15, -0.1) is 0 Å². The van der Waals surface area contributed by atoms with Gasteiger partial charge in [-0.05, 0) is 88.4 Å². The highest BCUT2D eigenvalue weighted by atomic mass is 19.4. The molecule has 0 spiro atoms. The van der Waals surface area contributed by atoms with E-state index in [1.807, 2.05) is 0 Å². The van der Waals surface area contributed by atoms with Crippen LogP contribution in [0.3, 0.4) is 0 Å². The molecule has 23 heteroatoms. The van der Waals surface area contributed by atoms with Crippen molar-refractivity contribution in [3.63, 3.8) is 0 Å². The number of fused-ring (bicyclic) bond motifs is 2. The second kappa shape index (κ2) is 17.8. The molecule has 0 aliphatic carbocycles. The van der Waals surface area contributed by atoms with Gasteiger partial charge in [0.1, 0.15) is 23.0 Å². The molecule has 2 aromatic carbocycles. The zero-order chi connectivity index (χ0) is 48.0. The van der Waals surface area contributed by atoms with Crippen LogP contribution in [0.1, 0.15) is 83.8 Å². The number of aromatic carboxylic acids is 1. The molecular formula is C42H44F8N10O5. The normalized spacial score (nSPS) is 17.9. The average molecular weight is 921 g/mol. The number of nitrogens with one attached hydrogen (secondary N) is 1. The van der Waals surface area contributed by atoms with E-state index in [-0.39, 0.29) is 53.9 Å². The van der Waals surface area contributed by atoms with Gasteiger partial charge in [-0.3, -0.25) is 14.2 Å². The number of aromatic nitrogens is 8. The molecule has 0 radical (unpaired) electrons. The molecule has 2 aliphatic rings. The van der Waals surface area contributed by atoms with Gasteiger partial charge in [0.05, 0.1) is 41.6 Å². The first-order chi connectivity index (χ1) is 30.2. The second-order valence-electron chi connectivity index (χ2n) is 15.9. The van der Waals surface area contributed by atoms with Crippen molar-refractivity contribution in [1.82, 2.24) is 48.9 Å². The van der Waals surface area contributed by atoms with Crippen molar-refractivity contribution >= 4 is 11.9 Å². The first-order valence-electron chi connectivity index (χ1n) is 19.8. The van der Waals surface area contributed by atoms with Crippen molar-refractivity contribution in [2.24, 2.45) is 14.1 Å². The third-order valence-electron chi connectivity index (χ3n) is 11.0. The van der Waals surface area contributed by atoms with Gasteiger partial charge < -0.3 is 34.7 Å². The lowest BCUT2D eigenvalue weighted by Gasteiger charge is -2.36. The van der Waals surface area contributed by atoms with Crippen LogP contribution in [0.15, 0.2) is 73.1 Å². The number of hydrogen-bond donors (Lipinski definition) is 4. The molecule has 1 amide bonds. The Kier molecular flexibility index (Phi) is 13.2. The van der Waals surface area contributed by atoms with Crippen LogP contribution in [-0.4, -0.2) is 96.2 Å². The van der Waals surface area contributed by atoms with Gasteiger partial charge >= 0.3 is 18.3 Å². The number of imidazole rings is 2. The van der Waals surface area contributed by atoms with Crippen molar-refractivity contribution in [3.05, 3.63) is 119 Å². The molecule has 0 bridgehead atoms. The van der Waals surface area contributed by atoms with Crippen molar-refractivity contribution in [2.75, 3.05) is 13.1 Å². The summed E-state index contributed by atoms with van der Waals surface area (Å²) in [4.78, 5) is 33.1. The van der Waals surface area contributed by atoms with E-state index in [0.29, 0.717) is 53.9 Å². The van der Waals surface area contributed by atoms with Crippen LogP contribution in [0.2, 0.25) is 0 Å². The average Bonchev–Trinajstić information content (AvgIpc) is 4.03. The number of hydrogen-bond acceptors (Lipinski definition) is 9. The molecule has 4 N–H and O–H groups in total. The fourth-order valence-electron chi connectivity index (χ4n) is 7.33. The Hall–Kier alpha value is -6.46. The van der Waals surface area contributed by atoms with Crippen LogP contribution in [0.4, 0.5) is 35.1 Å². The molecule has 15 nitrogen and oxygen atoms in total. The van der Waals surface area contributed by atoms with Crippen molar-refractivity contribution < 1.29 is 60.0 Å². The Balaban J connectivity index is 0.000000178. The summed E-state index contributed by atoms with van der Waals surface area (Å²) in [5.41, 5.74) is -2.27. The van der Waals surface area contributed by atoms with E-state index < -0.39 is 41.4 Å². The molecule has 6 heterocycles. The lowest BCUT2D eigenvalue weighted by molar-refractivity contribution is -0.263. The number of aliphatic hydroxyl groups is 2. The summed E-state index contributed by atoms with van der Waals surface area (Å²) >= 11 is 0. The SMILES string of the molecule is C[C@H]1CN(C(=O)c2cc(-c3ccc(F)cc3)nn2C)Cc2cnc([C@@](C)(O)C(F)(F)F)n21.C[C@H]1CNCc2cnc([C@@](C)(O)C(F)(F)F)n21.Cn1nc(-c2ccc(F)cc2)cc1C(=O)O. The predicted molar refractivity (Wildman–Crippen MR) is 216 cm³/mol. The molecule has 4 aromatic heterocycles. The standard InChI is InChI=1S/C21H21F4N5O2.C11H9FN2O2.C10H14F3N3O/c1-12-10-29(11-15-9-26-19(30(12)15)20(2,32)21(23,24)25)18(31)17-8-16(27-28(17)3)13-4-6-14(22)7-5-13;1-14-10(11(15)16)6-9(13-14)7-2-4-8(12)5-3-7;1-6-3-14-4-7-5-15-8(16(6)7)9(2,17)10(11,12)13/h4-9,12,32H,10-11H2,1-3H3;2-6H,1H3,(H,15,16);5-6,14,17H,3-4H2,1-2H3/t12-,20+;;6-,9+/m0.0/s1. The monoisotopic (exact) mass is 920 g/mol. The van der Waals surface area contributed by atoms with Crippen LogP contribution < -0.4 is 5.32 Å². The maximum absolute atomic E-state index is 13.3. The maximum Gasteiger partial charge on any atom is 0.424 e. The summed E-state index contributed by atoms with van der Waals surface area (Å²) in [6.45, 7) is 6.02. The highest BCUT2D eigenvalue weighted by Gasteiger charge is 2.56. The summed E-state index contributed by atoms with van der Waals surface area (Å²) in [5, 5.41) is 40.0. The Morgan fingerprint density at radius 3 is 1.57 bits per heavy atom. The van der Waals surface area contributed by atoms with Gasteiger partial charge in [0.15, 0.2) is 11.6 Å². The number of amides is 1. The number of carbonyl (C=O) groups is 2. The lowest BCUT2D eigenvalue weighted by Crippen LogP contribution is -2.45. The van der Waals surface area contributed by atoms with Crippen LogP contribution in [0, 0.1) is 11.6 Å². The Bertz CT molecular complexity index is 2660. The van der Waals surface area contributed by atoms with Crippen LogP contribution in [0.25, 0.3) is 22.5 Å². The van der Waals surface area contributed by atoms with E-state index in [9.17, 15) is 54.9 Å². The van der Waals surface area contributed by atoms with Gasteiger partial charge in [-0.2, -0.15) is 36.5 Å². The first-order valence-corrected chi connectivity index (χ1v) is 19.8. The molecule has 0 unspecified atom stereocenters. The molecule has 0 saturated heterocycles. The number of nitrogens with zero attached hydrogens (tertiary/aromatic N) is 9. The Morgan fingerprint density at radius 1 is 0.692 bits per heavy atom. The fraction of sp³-hybridized carbons (Fsp3) is 0.381. The quantitative estimate of drug-likeness (QED) is 0.132. The third kappa shape index (κ3) is 9.66. The number of carboxylic acids is 1. The smallest absolute Gasteiger partial charge is 0.424 e. The highest BCUT2D eigenvalue weighted by Crippen LogP contribution is 2.41.